The first kappa shape index (κ1) is 21.0. The topological polar surface area (TPSA) is 61.2 Å². The van der Waals surface area contributed by atoms with Crippen molar-refractivity contribution in [1.82, 2.24) is 9.55 Å². The lowest BCUT2D eigenvalue weighted by molar-refractivity contribution is -0.139. The molecule has 32 heavy (non-hydrogen) atoms. The van der Waals surface area contributed by atoms with Crippen LogP contribution >= 0.6 is 11.8 Å². The number of hydrogen-bond donors (Lipinski definition) is 0. The molecule has 0 aliphatic heterocycles. The predicted octanol–water partition coefficient (Wildman–Crippen LogP) is 4.92. The minimum Gasteiger partial charge on any atom is -0.465 e. The first-order valence-electron chi connectivity index (χ1n) is 11.2. The average molecular weight is 447 g/mol. The molecular formula is C26H26N2O3S. The Balaban J connectivity index is 1.74. The van der Waals surface area contributed by atoms with E-state index < -0.39 is 0 Å². The number of hydrogen-bond acceptors (Lipinski definition) is 5. The molecule has 3 aromatic rings. The molecule has 2 aliphatic carbocycles. The van der Waals surface area contributed by atoms with E-state index in [4.69, 9.17) is 9.72 Å². The monoisotopic (exact) mass is 446 g/mol. The standard InChI is InChI=1S/C26H26N2O3S/c1-2-31-21(29)17-32-25-27-23-20-13-7-6-10-18(20)16-26(14-8-9-15-26)22(23)24(30)28(25)19-11-4-3-5-12-19/h3-7,10-13H,2,8-9,14-17H2,1H3. The lowest BCUT2D eigenvalue weighted by Crippen LogP contribution is -2.40. The molecule has 6 heteroatoms. The molecule has 1 saturated carbocycles. The highest BCUT2D eigenvalue weighted by Crippen LogP contribution is 2.50. The average Bonchev–Trinajstić information content (AvgIpc) is 3.26. The second-order valence-electron chi connectivity index (χ2n) is 8.51. The molecule has 0 atom stereocenters. The molecule has 0 unspecified atom stereocenters. The zero-order valence-corrected chi connectivity index (χ0v) is 19.0. The van der Waals surface area contributed by atoms with Crippen molar-refractivity contribution >= 4 is 17.7 Å². The first-order valence-corrected chi connectivity index (χ1v) is 12.2. The minimum absolute atomic E-state index is 0.0102. The Hall–Kier alpha value is -2.86. The molecule has 1 spiro atoms. The summed E-state index contributed by atoms with van der Waals surface area (Å²) in [5, 5.41) is 0.526. The molecule has 0 bridgehead atoms. The Labute approximate surface area is 191 Å². The quantitative estimate of drug-likeness (QED) is 0.316. The maximum Gasteiger partial charge on any atom is 0.316 e. The highest BCUT2D eigenvalue weighted by Gasteiger charge is 2.44. The van der Waals surface area contributed by atoms with Gasteiger partial charge in [-0.25, -0.2) is 4.98 Å². The summed E-state index contributed by atoms with van der Waals surface area (Å²) in [6.07, 6.45) is 5.17. The Bertz CT molecular complexity index is 1210. The summed E-state index contributed by atoms with van der Waals surface area (Å²) in [6, 6.07) is 17.9. The van der Waals surface area contributed by atoms with Crippen molar-refractivity contribution in [1.29, 1.82) is 0 Å². The fourth-order valence-corrected chi connectivity index (χ4v) is 6.04. The van der Waals surface area contributed by atoms with Crippen LogP contribution in [0.1, 0.15) is 43.7 Å². The third-order valence-corrected chi connectivity index (χ3v) is 7.50. The molecule has 5 rings (SSSR count). The largest absolute Gasteiger partial charge is 0.465 e. The molecule has 164 valence electrons. The molecule has 5 nitrogen and oxygen atoms in total. The fourth-order valence-electron chi connectivity index (χ4n) is 5.24. The van der Waals surface area contributed by atoms with Gasteiger partial charge in [-0.05, 0) is 43.9 Å². The van der Waals surface area contributed by atoms with Crippen LogP contribution in [0.25, 0.3) is 16.9 Å². The number of carbonyl (C=O) groups is 1. The van der Waals surface area contributed by atoms with E-state index in [0.29, 0.717) is 11.8 Å². The van der Waals surface area contributed by atoms with E-state index in [1.54, 1.807) is 11.5 Å². The van der Waals surface area contributed by atoms with E-state index in [2.05, 4.69) is 18.2 Å². The normalized spacial score (nSPS) is 15.9. The molecule has 1 fully saturated rings. The van der Waals surface area contributed by atoms with Crippen molar-refractivity contribution in [2.45, 2.75) is 49.6 Å². The van der Waals surface area contributed by atoms with Gasteiger partial charge in [0.25, 0.3) is 5.56 Å². The van der Waals surface area contributed by atoms with Crippen LogP contribution in [0.4, 0.5) is 0 Å². The van der Waals surface area contributed by atoms with Crippen LogP contribution in [-0.2, 0) is 21.4 Å². The molecule has 0 amide bonds. The van der Waals surface area contributed by atoms with E-state index in [1.165, 1.54) is 17.3 Å². The zero-order chi connectivity index (χ0) is 22.1. The number of ether oxygens (including phenoxy) is 1. The molecule has 0 N–H and O–H groups in total. The first-order chi connectivity index (χ1) is 15.6. The maximum absolute atomic E-state index is 14.2. The molecule has 1 heterocycles. The third-order valence-electron chi connectivity index (χ3n) is 6.58. The second kappa shape index (κ2) is 8.58. The summed E-state index contributed by atoms with van der Waals surface area (Å²) in [7, 11) is 0. The summed E-state index contributed by atoms with van der Waals surface area (Å²) in [4.78, 5) is 31.3. The van der Waals surface area contributed by atoms with E-state index in [0.717, 1.165) is 54.6 Å². The number of aromatic nitrogens is 2. The van der Waals surface area contributed by atoms with Crippen LogP contribution in [0.15, 0.2) is 64.5 Å². The highest BCUT2D eigenvalue weighted by atomic mass is 32.2. The fraction of sp³-hybridized carbons (Fsp3) is 0.346. The molecule has 2 aromatic carbocycles. The van der Waals surface area contributed by atoms with Crippen molar-refractivity contribution in [3.05, 3.63) is 76.1 Å². The lowest BCUT2D eigenvalue weighted by atomic mass is 9.68. The van der Waals surface area contributed by atoms with Gasteiger partial charge in [0.05, 0.1) is 29.3 Å². The predicted molar refractivity (Wildman–Crippen MR) is 126 cm³/mol. The van der Waals surface area contributed by atoms with E-state index >= 15 is 0 Å². The molecule has 0 saturated heterocycles. The van der Waals surface area contributed by atoms with Crippen LogP contribution < -0.4 is 5.56 Å². The van der Waals surface area contributed by atoms with Gasteiger partial charge in [0.15, 0.2) is 5.16 Å². The Morgan fingerprint density at radius 2 is 1.81 bits per heavy atom. The summed E-state index contributed by atoms with van der Waals surface area (Å²) >= 11 is 1.26. The summed E-state index contributed by atoms with van der Waals surface area (Å²) in [5.41, 5.74) is 4.53. The summed E-state index contributed by atoms with van der Waals surface area (Å²) < 4.78 is 6.80. The Kier molecular flexibility index (Phi) is 5.64. The van der Waals surface area contributed by atoms with Crippen LogP contribution in [0.2, 0.25) is 0 Å². The van der Waals surface area contributed by atoms with Gasteiger partial charge < -0.3 is 4.74 Å². The van der Waals surface area contributed by atoms with E-state index in [9.17, 15) is 9.59 Å². The van der Waals surface area contributed by atoms with E-state index in [1.807, 2.05) is 36.4 Å². The van der Waals surface area contributed by atoms with Gasteiger partial charge in [-0.2, -0.15) is 0 Å². The van der Waals surface area contributed by atoms with Gasteiger partial charge in [-0.3, -0.25) is 14.2 Å². The summed E-state index contributed by atoms with van der Waals surface area (Å²) in [5.74, 6) is -0.199. The second-order valence-corrected chi connectivity index (χ2v) is 9.45. The molecule has 2 aliphatic rings. The van der Waals surface area contributed by atoms with Gasteiger partial charge in [0, 0.05) is 11.0 Å². The summed E-state index contributed by atoms with van der Waals surface area (Å²) in [6.45, 7) is 2.12. The van der Waals surface area contributed by atoms with Crippen molar-refractivity contribution in [3.8, 4) is 16.9 Å². The number of esters is 1. The van der Waals surface area contributed by atoms with Crippen molar-refractivity contribution in [2.24, 2.45) is 0 Å². The van der Waals surface area contributed by atoms with Crippen molar-refractivity contribution in [3.63, 3.8) is 0 Å². The third kappa shape index (κ3) is 3.56. The smallest absolute Gasteiger partial charge is 0.316 e. The number of rotatable bonds is 5. The highest BCUT2D eigenvalue weighted by molar-refractivity contribution is 7.99. The van der Waals surface area contributed by atoms with Gasteiger partial charge in [-0.15, -0.1) is 0 Å². The lowest BCUT2D eigenvalue weighted by Gasteiger charge is -2.36. The molecule has 0 radical (unpaired) electrons. The van der Waals surface area contributed by atoms with E-state index in [-0.39, 0.29) is 22.7 Å². The van der Waals surface area contributed by atoms with Crippen molar-refractivity contribution < 1.29 is 9.53 Å². The Morgan fingerprint density at radius 3 is 2.56 bits per heavy atom. The van der Waals surface area contributed by atoms with Crippen LogP contribution in [0, 0.1) is 0 Å². The number of nitrogens with zero attached hydrogens (tertiary/aromatic N) is 2. The van der Waals surface area contributed by atoms with Crippen LogP contribution in [0.5, 0.6) is 0 Å². The van der Waals surface area contributed by atoms with Crippen molar-refractivity contribution in [2.75, 3.05) is 12.4 Å². The van der Waals surface area contributed by atoms with Crippen LogP contribution in [-0.4, -0.2) is 27.9 Å². The SMILES string of the molecule is CCOC(=O)CSc1nc2c(c(=O)n1-c1ccccc1)C1(CCCC1)Cc1ccccc1-2. The Morgan fingerprint density at radius 1 is 1.09 bits per heavy atom. The number of thioether (sulfide) groups is 1. The molecule has 1 aromatic heterocycles. The van der Waals surface area contributed by atoms with Gasteiger partial charge in [0.2, 0.25) is 0 Å². The number of benzene rings is 2. The van der Waals surface area contributed by atoms with Crippen LogP contribution in [0.3, 0.4) is 0 Å². The number of fused-ring (bicyclic) bond motifs is 4. The number of carbonyl (C=O) groups excluding carboxylic acids is 1. The van der Waals surface area contributed by atoms with Gasteiger partial charge in [0.1, 0.15) is 0 Å². The van der Waals surface area contributed by atoms with Gasteiger partial charge in [-0.1, -0.05) is 67.1 Å². The molecular weight excluding hydrogens is 420 g/mol. The maximum atomic E-state index is 14.2. The number of para-hydroxylation sites is 1. The van der Waals surface area contributed by atoms with Gasteiger partial charge >= 0.3 is 5.97 Å². The minimum atomic E-state index is -0.309. The zero-order valence-electron chi connectivity index (χ0n) is 18.2.